The number of carbonyl (C=O) groups is 1. The molecule has 7 heteroatoms. The second-order valence-electron chi connectivity index (χ2n) is 5.27. The summed E-state index contributed by atoms with van der Waals surface area (Å²) in [5, 5.41) is 3.07. The van der Waals surface area contributed by atoms with Gasteiger partial charge < -0.3 is 14.8 Å². The summed E-state index contributed by atoms with van der Waals surface area (Å²) < 4.78 is 12.2. The Hall–Kier alpha value is -1.44. The highest BCUT2D eigenvalue weighted by Gasteiger charge is 2.11. The Bertz CT molecular complexity index is 755. The average Bonchev–Trinajstić information content (AvgIpc) is 2.57. The molecule has 0 spiro atoms. The normalized spacial score (nSPS) is 10.2. The van der Waals surface area contributed by atoms with Crippen molar-refractivity contribution in [1.82, 2.24) is 0 Å². The van der Waals surface area contributed by atoms with E-state index in [-0.39, 0.29) is 5.97 Å². The van der Waals surface area contributed by atoms with Crippen LogP contribution in [0.25, 0.3) is 0 Å². The van der Waals surface area contributed by atoms with Gasteiger partial charge in [-0.15, -0.1) is 0 Å². The molecule has 0 aliphatic carbocycles. The molecule has 4 nitrogen and oxygen atoms in total. The zero-order valence-electron chi connectivity index (χ0n) is 13.8. The maximum atomic E-state index is 11.3. The first-order valence-electron chi connectivity index (χ1n) is 7.49. The fourth-order valence-corrected chi connectivity index (χ4v) is 3.69. The van der Waals surface area contributed by atoms with E-state index in [1.807, 2.05) is 43.3 Å². The van der Waals surface area contributed by atoms with Crippen LogP contribution in [-0.4, -0.2) is 18.1 Å². The number of aryl methyl sites for hydroxylation is 1. The van der Waals surface area contributed by atoms with Crippen molar-refractivity contribution in [2.45, 2.75) is 19.8 Å². The van der Waals surface area contributed by atoms with Crippen molar-refractivity contribution in [1.29, 1.82) is 0 Å². The summed E-state index contributed by atoms with van der Waals surface area (Å²) in [6.45, 7) is 1.83. The minimum absolute atomic E-state index is 0.229. The fourth-order valence-electron chi connectivity index (χ4n) is 2.13. The van der Waals surface area contributed by atoms with Gasteiger partial charge in [0.05, 0.1) is 21.0 Å². The second kappa shape index (κ2) is 9.31. The molecule has 0 aliphatic heterocycles. The summed E-state index contributed by atoms with van der Waals surface area (Å²) in [4.78, 5) is 12.0. The third-order valence-corrected chi connectivity index (χ3v) is 4.58. The molecule has 2 rings (SSSR count). The van der Waals surface area contributed by atoms with Crippen LogP contribution in [0, 0.1) is 0 Å². The molecule has 132 valence electrons. The molecular formula is C18H17Br2NO3S. The first-order valence-corrected chi connectivity index (χ1v) is 9.48. The highest BCUT2D eigenvalue weighted by molar-refractivity contribution is 9.11. The zero-order valence-corrected chi connectivity index (χ0v) is 17.8. The maximum absolute atomic E-state index is 11.3. The van der Waals surface area contributed by atoms with Gasteiger partial charge in [0.1, 0.15) is 5.75 Å². The Morgan fingerprint density at radius 1 is 1.16 bits per heavy atom. The highest BCUT2D eigenvalue weighted by atomic mass is 79.9. The van der Waals surface area contributed by atoms with E-state index in [0.717, 1.165) is 20.2 Å². The Kier molecular flexibility index (Phi) is 7.40. The van der Waals surface area contributed by atoms with Gasteiger partial charge >= 0.3 is 5.97 Å². The summed E-state index contributed by atoms with van der Waals surface area (Å²) in [6, 6.07) is 11.4. The number of ether oxygens (including phenoxy) is 2. The number of carbonyl (C=O) groups excluding carboxylic acids is 1. The van der Waals surface area contributed by atoms with Gasteiger partial charge in [-0.2, -0.15) is 0 Å². The van der Waals surface area contributed by atoms with E-state index < -0.39 is 0 Å². The van der Waals surface area contributed by atoms with Crippen molar-refractivity contribution >= 4 is 60.7 Å². The fraction of sp³-hybridized carbons (Fsp3) is 0.222. The number of esters is 1. The van der Waals surface area contributed by atoms with E-state index in [4.69, 9.17) is 17.0 Å². The smallest absolute Gasteiger partial charge is 0.305 e. The first-order chi connectivity index (χ1) is 11.9. The lowest BCUT2D eigenvalue weighted by Crippen LogP contribution is -2.03. The SMILES string of the molecule is COC(=O)CCc1cc(Br)c(Oc2ccc(NC(C)=S)cc2)c(Br)c1. The van der Waals surface area contributed by atoms with Crippen LogP contribution in [0.1, 0.15) is 18.9 Å². The molecule has 0 bridgehead atoms. The first kappa shape index (κ1) is 19.9. The number of nitrogens with one attached hydrogen (secondary N) is 1. The molecule has 0 aromatic heterocycles. The van der Waals surface area contributed by atoms with Gasteiger partial charge in [0.25, 0.3) is 0 Å². The molecule has 0 radical (unpaired) electrons. The predicted molar refractivity (Wildman–Crippen MR) is 111 cm³/mol. The van der Waals surface area contributed by atoms with E-state index in [0.29, 0.717) is 29.3 Å². The molecule has 0 fully saturated rings. The van der Waals surface area contributed by atoms with Crippen LogP contribution in [-0.2, 0) is 16.0 Å². The van der Waals surface area contributed by atoms with Crippen LogP contribution in [0.2, 0.25) is 0 Å². The molecule has 2 aromatic rings. The van der Waals surface area contributed by atoms with E-state index >= 15 is 0 Å². The van der Waals surface area contributed by atoms with Crippen molar-refractivity contribution < 1.29 is 14.3 Å². The number of hydrogen-bond donors (Lipinski definition) is 1. The Balaban J connectivity index is 2.11. The summed E-state index contributed by atoms with van der Waals surface area (Å²) in [5.41, 5.74) is 1.92. The lowest BCUT2D eigenvalue weighted by atomic mass is 10.1. The van der Waals surface area contributed by atoms with Crippen LogP contribution in [0.3, 0.4) is 0 Å². The van der Waals surface area contributed by atoms with Gasteiger partial charge in [-0.3, -0.25) is 4.79 Å². The van der Waals surface area contributed by atoms with Crippen LogP contribution in [0.15, 0.2) is 45.3 Å². The van der Waals surface area contributed by atoms with Gasteiger partial charge in [-0.25, -0.2) is 0 Å². The van der Waals surface area contributed by atoms with E-state index in [2.05, 4.69) is 41.9 Å². The summed E-state index contributed by atoms with van der Waals surface area (Å²) in [6.07, 6.45) is 0.935. The molecular weight excluding hydrogens is 470 g/mol. The van der Waals surface area contributed by atoms with Crippen molar-refractivity contribution in [2.24, 2.45) is 0 Å². The van der Waals surface area contributed by atoms with Gasteiger partial charge in [-0.05, 0) is 87.2 Å². The maximum Gasteiger partial charge on any atom is 0.305 e. The number of thiocarbonyl (C=S) groups is 1. The number of rotatable bonds is 6. The Labute approximate surface area is 169 Å². The molecule has 0 aliphatic rings. The number of anilines is 1. The third kappa shape index (κ3) is 6.09. The number of methoxy groups -OCH3 is 1. The second-order valence-corrected chi connectivity index (χ2v) is 7.59. The van der Waals surface area contributed by atoms with E-state index in [1.165, 1.54) is 7.11 Å². The lowest BCUT2D eigenvalue weighted by molar-refractivity contribution is -0.140. The monoisotopic (exact) mass is 485 g/mol. The number of halogens is 2. The van der Waals surface area contributed by atoms with Gasteiger partial charge in [0.2, 0.25) is 0 Å². The molecule has 0 atom stereocenters. The summed E-state index contributed by atoms with van der Waals surface area (Å²) in [7, 11) is 1.39. The Morgan fingerprint density at radius 3 is 2.28 bits per heavy atom. The standard InChI is InChI=1S/C18H17Br2NO3S/c1-11(25)21-13-4-6-14(7-5-13)24-18-15(19)9-12(10-16(18)20)3-8-17(22)23-2/h4-7,9-10H,3,8H2,1-2H3,(H,21,25). The van der Waals surface area contributed by atoms with Crippen LogP contribution in [0.5, 0.6) is 11.5 Å². The molecule has 1 N–H and O–H groups in total. The molecule has 0 heterocycles. The molecule has 25 heavy (non-hydrogen) atoms. The summed E-state index contributed by atoms with van der Waals surface area (Å²) >= 11 is 12.1. The minimum Gasteiger partial charge on any atom is -0.469 e. The van der Waals surface area contributed by atoms with Crippen molar-refractivity contribution in [3.8, 4) is 11.5 Å². The topological polar surface area (TPSA) is 47.6 Å². The average molecular weight is 487 g/mol. The third-order valence-electron chi connectivity index (χ3n) is 3.30. The van der Waals surface area contributed by atoms with Crippen molar-refractivity contribution in [3.05, 3.63) is 50.9 Å². The highest BCUT2D eigenvalue weighted by Crippen LogP contribution is 2.38. The van der Waals surface area contributed by atoms with Crippen LogP contribution < -0.4 is 10.1 Å². The van der Waals surface area contributed by atoms with Crippen LogP contribution in [0.4, 0.5) is 5.69 Å². The number of benzene rings is 2. The quantitative estimate of drug-likeness (QED) is 0.408. The molecule has 0 unspecified atom stereocenters. The minimum atomic E-state index is -0.229. The van der Waals surface area contributed by atoms with Gasteiger partial charge in [-0.1, -0.05) is 12.2 Å². The van der Waals surface area contributed by atoms with Gasteiger partial charge in [0.15, 0.2) is 5.75 Å². The van der Waals surface area contributed by atoms with Crippen LogP contribution >= 0.6 is 44.1 Å². The zero-order chi connectivity index (χ0) is 18.4. The molecule has 0 saturated heterocycles. The number of hydrogen-bond acceptors (Lipinski definition) is 4. The lowest BCUT2D eigenvalue weighted by Gasteiger charge is -2.13. The summed E-state index contributed by atoms with van der Waals surface area (Å²) in [5.74, 6) is 1.15. The van der Waals surface area contributed by atoms with Crippen molar-refractivity contribution in [2.75, 3.05) is 12.4 Å². The molecule has 2 aromatic carbocycles. The Morgan fingerprint density at radius 2 is 1.76 bits per heavy atom. The van der Waals surface area contributed by atoms with E-state index in [9.17, 15) is 4.79 Å². The largest absolute Gasteiger partial charge is 0.469 e. The predicted octanol–water partition coefficient (Wildman–Crippen LogP) is 5.87. The molecule has 0 saturated carbocycles. The van der Waals surface area contributed by atoms with E-state index in [1.54, 1.807) is 0 Å². The molecule has 0 amide bonds. The van der Waals surface area contributed by atoms with Gasteiger partial charge in [0, 0.05) is 12.1 Å². The van der Waals surface area contributed by atoms with Crippen molar-refractivity contribution in [3.63, 3.8) is 0 Å².